The summed E-state index contributed by atoms with van der Waals surface area (Å²) >= 11 is 0. The van der Waals surface area contributed by atoms with Crippen molar-refractivity contribution in [3.05, 3.63) is 24.2 Å². The van der Waals surface area contributed by atoms with Crippen LogP contribution >= 0.6 is 0 Å². The number of carbonyl (C=O) groups is 1. The Morgan fingerprint density at radius 3 is 2.87 bits per heavy atom. The van der Waals surface area contributed by atoms with Crippen molar-refractivity contribution in [3.63, 3.8) is 0 Å². The van der Waals surface area contributed by atoms with Crippen molar-refractivity contribution in [2.75, 3.05) is 19.6 Å². The monoisotopic (exact) mass is 210 g/mol. The molecule has 0 fully saturated rings. The molecule has 0 radical (unpaired) electrons. The lowest BCUT2D eigenvalue weighted by molar-refractivity contribution is 0.0711. The summed E-state index contributed by atoms with van der Waals surface area (Å²) < 4.78 is 5.07. The molecule has 1 atom stereocenters. The molecule has 1 unspecified atom stereocenters. The largest absolute Gasteiger partial charge is 0.459 e. The van der Waals surface area contributed by atoms with E-state index in [1.165, 1.54) is 6.26 Å². The Balaban J connectivity index is 2.63. The van der Waals surface area contributed by atoms with Gasteiger partial charge in [-0.05, 0) is 31.5 Å². The van der Waals surface area contributed by atoms with Gasteiger partial charge >= 0.3 is 0 Å². The molecule has 1 aromatic heterocycles. The Bertz CT molecular complexity index is 296. The summed E-state index contributed by atoms with van der Waals surface area (Å²) in [7, 11) is 0. The van der Waals surface area contributed by atoms with Gasteiger partial charge in [0.1, 0.15) is 0 Å². The molecular formula is C11H18N2O2. The van der Waals surface area contributed by atoms with Gasteiger partial charge in [0.15, 0.2) is 5.76 Å². The van der Waals surface area contributed by atoms with E-state index < -0.39 is 0 Å². The summed E-state index contributed by atoms with van der Waals surface area (Å²) in [6.45, 7) is 5.90. The van der Waals surface area contributed by atoms with Crippen molar-refractivity contribution >= 4 is 5.91 Å². The summed E-state index contributed by atoms with van der Waals surface area (Å²) in [5, 5.41) is 0. The van der Waals surface area contributed by atoms with Gasteiger partial charge < -0.3 is 15.1 Å². The van der Waals surface area contributed by atoms with Gasteiger partial charge in [-0.15, -0.1) is 0 Å². The maximum absolute atomic E-state index is 11.9. The molecule has 1 heterocycles. The highest BCUT2D eigenvalue weighted by atomic mass is 16.3. The molecular weight excluding hydrogens is 192 g/mol. The summed E-state index contributed by atoms with van der Waals surface area (Å²) in [6, 6.07) is 3.39. The molecule has 0 aromatic carbocycles. The molecule has 0 saturated heterocycles. The zero-order chi connectivity index (χ0) is 11.3. The lowest BCUT2D eigenvalue weighted by Gasteiger charge is -2.22. The minimum absolute atomic E-state index is 0.0669. The Morgan fingerprint density at radius 1 is 1.67 bits per heavy atom. The Morgan fingerprint density at radius 2 is 2.40 bits per heavy atom. The normalized spacial score (nSPS) is 12.5. The van der Waals surface area contributed by atoms with E-state index in [0.717, 1.165) is 0 Å². The number of hydrogen-bond donors (Lipinski definition) is 1. The van der Waals surface area contributed by atoms with Crippen LogP contribution in [0.15, 0.2) is 22.8 Å². The molecule has 4 heteroatoms. The Kier molecular flexibility index (Phi) is 4.37. The second-order valence-corrected chi connectivity index (χ2v) is 3.66. The van der Waals surface area contributed by atoms with Gasteiger partial charge in [0.05, 0.1) is 6.26 Å². The molecule has 0 saturated carbocycles. The Hall–Kier alpha value is -1.29. The molecule has 84 valence electrons. The van der Waals surface area contributed by atoms with Crippen LogP contribution in [-0.2, 0) is 0 Å². The van der Waals surface area contributed by atoms with E-state index in [0.29, 0.717) is 31.3 Å². The van der Waals surface area contributed by atoms with Crippen molar-refractivity contribution < 1.29 is 9.21 Å². The van der Waals surface area contributed by atoms with Crippen LogP contribution in [0.2, 0.25) is 0 Å². The van der Waals surface area contributed by atoms with Crippen LogP contribution in [-0.4, -0.2) is 30.4 Å². The predicted octanol–water partition coefficient (Wildman–Crippen LogP) is 1.34. The summed E-state index contributed by atoms with van der Waals surface area (Å²) in [5.74, 6) is 0.632. The van der Waals surface area contributed by atoms with E-state index in [9.17, 15) is 4.79 Å². The minimum atomic E-state index is -0.0669. The van der Waals surface area contributed by atoms with Gasteiger partial charge in [-0.3, -0.25) is 4.79 Å². The Labute approximate surface area is 90.0 Å². The molecule has 1 rings (SSSR count). The van der Waals surface area contributed by atoms with Gasteiger partial charge in [-0.1, -0.05) is 6.92 Å². The molecule has 0 aliphatic rings. The van der Waals surface area contributed by atoms with Crippen LogP contribution in [0.5, 0.6) is 0 Å². The molecule has 15 heavy (non-hydrogen) atoms. The maximum atomic E-state index is 11.9. The first-order valence-electron chi connectivity index (χ1n) is 5.21. The SMILES string of the molecule is CCN(CC(C)CN)C(=O)c1ccco1. The summed E-state index contributed by atoms with van der Waals surface area (Å²) in [5.41, 5.74) is 5.53. The van der Waals surface area contributed by atoms with Crippen LogP contribution in [0.3, 0.4) is 0 Å². The van der Waals surface area contributed by atoms with Crippen molar-refractivity contribution in [1.82, 2.24) is 4.90 Å². The van der Waals surface area contributed by atoms with E-state index >= 15 is 0 Å². The van der Waals surface area contributed by atoms with Gasteiger partial charge in [0, 0.05) is 13.1 Å². The second kappa shape index (κ2) is 5.56. The fourth-order valence-corrected chi connectivity index (χ4v) is 1.36. The second-order valence-electron chi connectivity index (χ2n) is 3.66. The van der Waals surface area contributed by atoms with Gasteiger partial charge in [0.2, 0.25) is 0 Å². The third kappa shape index (κ3) is 3.09. The molecule has 1 aromatic rings. The van der Waals surface area contributed by atoms with Crippen LogP contribution in [0, 0.1) is 5.92 Å². The molecule has 0 bridgehead atoms. The highest BCUT2D eigenvalue weighted by Crippen LogP contribution is 2.07. The molecule has 1 amide bonds. The molecule has 2 N–H and O–H groups in total. The van der Waals surface area contributed by atoms with E-state index in [-0.39, 0.29) is 5.91 Å². The van der Waals surface area contributed by atoms with Crippen LogP contribution in [0.1, 0.15) is 24.4 Å². The lowest BCUT2D eigenvalue weighted by Crippen LogP contribution is -2.36. The first kappa shape index (κ1) is 11.8. The van der Waals surface area contributed by atoms with E-state index in [1.54, 1.807) is 17.0 Å². The van der Waals surface area contributed by atoms with E-state index in [2.05, 4.69) is 0 Å². The zero-order valence-electron chi connectivity index (χ0n) is 9.27. The molecule has 0 aliphatic heterocycles. The zero-order valence-corrected chi connectivity index (χ0v) is 9.27. The number of nitrogens with two attached hydrogens (primary N) is 1. The van der Waals surface area contributed by atoms with Crippen LogP contribution in [0.4, 0.5) is 0 Å². The smallest absolute Gasteiger partial charge is 0.289 e. The van der Waals surface area contributed by atoms with Crippen LogP contribution in [0.25, 0.3) is 0 Å². The lowest BCUT2D eigenvalue weighted by atomic mass is 10.1. The summed E-state index contributed by atoms with van der Waals surface area (Å²) in [4.78, 5) is 13.6. The quantitative estimate of drug-likeness (QED) is 0.797. The van der Waals surface area contributed by atoms with Gasteiger partial charge in [-0.25, -0.2) is 0 Å². The molecule has 0 aliphatic carbocycles. The fourth-order valence-electron chi connectivity index (χ4n) is 1.36. The van der Waals surface area contributed by atoms with Crippen molar-refractivity contribution in [3.8, 4) is 0 Å². The standard InChI is InChI=1S/C11H18N2O2/c1-3-13(8-9(2)7-12)11(14)10-5-4-6-15-10/h4-6,9H,3,7-8,12H2,1-2H3. The van der Waals surface area contributed by atoms with Gasteiger partial charge in [-0.2, -0.15) is 0 Å². The molecule has 0 spiro atoms. The number of hydrogen-bond acceptors (Lipinski definition) is 3. The first-order valence-corrected chi connectivity index (χ1v) is 5.21. The number of nitrogens with zero attached hydrogens (tertiary/aromatic N) is 1. The van der Waals surface area contributed by atoms with E-state index in [4.69, 9.17) is 10.2 Å². The number of amides is 1. The molecule has 4 nitrogen and oxygen atoms in total. The first-order chi connectivity index (χ1) is 7.19. The van der Waals surface area contributed by atoms with Crippen molar-refractivity contribution in [2.45, 2.75) is 13.8 Å². The average Bonchev–Trinajstić information content (AvgIpc) is 2.77. The topological polar surface area (TPSA) is 59.5 Å². The number of carbonyl (C=O) groups excluding carboxylic acids is 1. The van der Waals surface area contributed by atoms with E-state index in [1.807, 2.05) is 13.8 Å². The highest BCUT2D eigenvalue weighted by molar-refractivity contribution is 5.91. The van der Waals surface area contributed by atoms with Crippen LogP contribution < -0.4 is 5.73 Å². The average molecular weight is 210 g/mol. The highest BCUT2D eigenvalue weighted by Gasteiger charge is 2.17. The third-order valence-electron chi connectivity index (χ3n) is 2.34. The third-order valence-corrected chi connectivity index (χ3v) is 2.34. The maximum Gasteiger partial charge on any atom is 0.289 e. The predicted molar refractivity (Wildman–Crippen MR) is 58.5 cm³/mol. The van der Waals surface area contributed by atoms with Crippen molar-refractivity contribution in [2.24, 2.45) is 11.7 Å². The number of rotatable bonds is 5. The fraction of sp³-hybridized carbons (Fsp3) is 0.545. The number of furan rings is 1. The summed E-state index contributed by atoms with van der Waals surface area (Å²) in [6.07, 6.45) is 1.51. The van der Waals surface area contributed by atoms with Crippen molar-refractivity contribution in [1.29, 1.82) is 0 Å². The van der Waals surface area contributed by atoms with Gasteiger partial charge in [0.25, 0.3) is 5.91 Å². The minimum Gasteiger partial charge on any atom is -0.459 e.